The number of hydrogen-bond acceptors (Lipinski definition) is 4. The lowest BCUT2D eigenvalue weighted by Gasteiger charge is -2.13. The van der Waals surface area contributed by atoms with E-state index in [1.165, 1.54) is 0 Å². The van der Waals surface area contributed by atoms with Gasteiger partial charge >= 0.3 is 0 Å². The molecule has 1 atom stereocenters. The molecule has 5 heteroatoms. The summed E-state index contributed by atoms with van der Waals surface area (Å²) in [5.41, 5.74) is 2.73. The monoisotopic (exact) mass is 295 g/mol. The molecule has 1 fully saturated rings. The van der Waals surface area contributed by atoms with E-state index in [9.17, 15) is 0 Å². The highest BCUT2D eigenvalue weighted by Crippen LogP contribution is 2.32. The molecule has 0 amide bonds. The summed E-state index contributed by atoms with van der Waals surface area (Å²) in [6.45, 7) is 0.791. The van der Waals surface area contributed by atoms with Gasteiger partial charge in [0.2, 0.25) is 0 Å². The summed E-state index contributed by atoms with van der Waals surface area (Å²) in [6, 6.07) is 11.8. The van der Waals surface area contributed by atoms with Crippen molar-refractivity contribution in [3.05, 3.63) is 48.4 Å². The normalized spacial score (nSPS) is 18.0. The van der Waals surface area contributed by atoms with Crippen LogP contribution in [-0.4, -0.2) is 28.3 Å². The lowest BCUT2D eigenvalue weighted by molar-refractivity contribution is 0.104. The van der Waals surface area contributed by atoms with Crippen LogP contribution in [0.25, 0.3) is 16.9 Å². The van der Waals surface area contributed by atoms with Crippen LogP contribution < -0.4 is 4.74 Å². The summed E-state index contributed by atoms with van der Waals surface area (Å²) < 4.78 is 13.3. The molecule has 0 aliphatic carbocycles. The molecule has 1 unspecified atom stereocenters. The molecule has 1 aliphatic heterocycles. The third-order valence-electron chi connectivity index (χ3n) is 3.97. The average Bonchev–Trinajstić information content (AvgIpc) is 3.22. The fraction of sp³-hybridized carbons (Fsp3) is 0.294. The minimum atomic E-state index is 0.0281. The van der Waals surface area contributed by atoms with Gasteiger partial charge in [0, 0.05) is 18.9 Å². The van der Waals surface area contributed by atoms with Crippen molar-refractivity contribution in [1.82, 2.24) is 14.5 Å². The smallest absolute Gasteiger partial charge is 0.164 e. The maximum Gasteiger partial charge on any atom is 0.164 e. The molecule has 112 valence electrons. The number of rotatable bonds is 3. The molecule has 0 radical (unpaired) electrons. The molecule has 0 spiro atoms. The van der Waals surface area contributed by atoms with Crippen molar-refractivity contribution in [1.29, 1.82) is 0 Å². The van der Waals surface area contributed by atoms with E-state index in [1.807, 2.05) is 36.4 Å². The minimum Gasteiger partial charge on any atom is -0.497 e. The Kier molecular flexibility index (Phi) is 3.27. The zero-order valence-corrected chi connectivity index (χ0v) is 12.4. The second-order valence-corrected chi connectivity index (χ2v) is 5.35. The van der Waals surface area contributed by atoms with E-state index in [2.05, 4.69) is 9.55 Å². The second-order valence-electron chi connectivity index (χ2n) is 5.35. The van der Waals surface area contributed by atoms with Crippen LogP contribution in [0.2, 0.25) is 0 Å². The third-order valence-corrected chi connectivity index (χ3v) is 3.97. The molecule has 2 aromatic heterocycles. The maximum absolute atomic E-state index is 5.84. The van der Waals surface area contributed by atoms with Crippen molar-refractivity contribution in [2.75, 3.05) is 13.7 Å². The largest absolute Gasteiger partial charge is 0.497 e. The number of methoxy groups -OCH3 is 1. The average molecular weight is 295 g/mol. The molecule has 1 aromatic carbocycles. The summed E-state index contributed by atoms with van der Waals surface area (Å²) >= 11 is 0. The number of imidazole rings is 1. The van der Waals surface area contributed by atoms with Crippen molar-refractivity contribution in [3.63, 3.8) is 0 Å². The molecule has 0 N–H and O–H groups in total. The van der Waals surface area contributed by atoms with Crippen molar-refractivity contribution in [2.24, 2.45) is 0 Å². The number of ether oxygens (including phenoxy) is 2. The van der Waals surface area contributed by atoms with Gasteiger partial charge in [-0.05, 0) is 37.1 Å². The van der Waals surface area contributed by atoms with Crippen LogP contribution in [0.4, 0.5) is 0 Å². The van der Waals surface area contributed by atoms with E-state index in [0.717, 1.165) is 47.9 Å². The molecule has 0 bridgehead atoms. The lowest BCUT2D eigenvalue weighted by atomic mass is 10.2. The van der Waals surface area contributed by atoms with E-state index in [4.69, 9.17) is 14.5 Å². The molecular weight excluding hydrogens is 278 g/mol. The molecule has 0 saturated carbocycles. The van der Waals surface area contributed by atoms with Crippen LogP contribution in [0.15, 0.2) is 42.6 Å². The highest BCUT2D eigenvalue weighted by Gasteiger charge is 2.25. The summed E-state index contributed by atoms with van der Waals surface area (Å²) in [5.74, 6) is 1.73. The Morgan fingerprint density at radius 3 is 3.05 bits per heavy atom. The highest BCUT2D eigenvalue weighted by molar-refractivity contribution is 5.74. The van der Waals surface area contributed by atoms with Gasteiger partial charge in [-0.25, -0.2) is 9.97 Å². The van der Waals surface area contributed by atoms with Gasteiger partial charge in [-0.1, -0.05) is 6.07 Å². The SMILES string of the molecule is COc1cccc(-n2c(C3CCCO3)nc3cccnc32)c1. The minimum absolute atomic E-state index is 0.0281. The third kappa shape index (κ3) is 2.14. The van der Waals surface area contributed by atoms with Crippen LogP contribution in [-0.2, 0) is 4.74 Å². The zero-order valence-electron chi connectivity index (χ0n) is 12.4. The number of fused-ring (bicyclic) bond motifs is 1. The van der Waals surface area contributed by atoms with Crippen LogP contribution in [0.5, 0.6) is 5.75 Å². The number of pyridine rings is 1. The van der Waals surface area contributed by atoms with E-state index in [1.54, 1.807) is 13.3 Å². The van der Waals surface area contributed by atoms with Gasteiger partial charge in [-0.3, -0.25) is 4.57 Å². The van der Waals surface area contributed by atoms with Gasteiger partial charge in [-0.2, -0.15) is 0 Å². The van der Waals surface area contributed by atoms with Crippen molar-refractivity contribution < 1.29 is 9.47 Å². The Morgan fingerprint density at radius 2 is 2.23 bits per heavy atom. The summed E-state index contributed by atoms with van der Waals surface area (Å²) in [7, 11) is 1.67. The predicted octanol–water partition coefficient (Wildman–Crippen LogP) is 3.28. The highest BCUT2D eigenvalue weighted by atomic mass is 16.5. The fourth-order valence-corrected chi connectivity index (χ4v) is 2.93. The fourth-order valence-electron chi connectivity index (χ4n) is 2.93. The zero-order chi connectivity index (χ0) is 14.9. The topological polar surface area (TPSA) is 49.2 Å². The van der Waals surface area contributed by atoms with Gasteiger partial charge in [0.15, 0.2) is 5.65 Å². The van der Waals surface area contributed by atoms with Crippen LogP contribution in [0.3, 0.4) is 0 Å². The van der Waals surface area contributed by atoms with Gasteiger partial charge in [0.05, 0.1) is 12.8 Å². The van der Waals surface area contributed by atoms with Crippen molar-refractivity contribution >= 4 is 11.2 Å². The molecule has 3 heterocycles. The lowest BCUT2D eigenvalue weighted by Crippen LogP contribution is -2.07. The Morgan fingerprint density at radius 1 is 1.27 bits per heavy atom. The summed E-state index contributed by atoms with van der Waals surface area (Å²) in [4.78, 5) is 9.27. The standard InChI is InChI=1S/C17H17N3O2/c1-21-13-6-2-5-12(11-13)20-16-14(7-3-9-18-16)19-17(20)15-8-4-10-22-15/h2-3,5-7,9,11,15H,4,8,10H2,1H3. The number of nitrogens with zero attached hydrogens (tertiary/aromatic N) is 3. The van der Waals surface area contributed by atoms with E-state index in [0.29, 0.717) is 0 Å². The first-order valence-electron chi connectivity index (χ1n) is 7.46. The molecule has 1 saturated heterocycles. The van der Waals surface area contributed by atoms with Crippen LogP contribution in [0, 0.1) is 0 Å². The van der Waals surface area contributed by atoms with E-state index >= 15 is 0 Å². The van der Waals surface area contributed by atoms with Crippen LogP contribution in [0.1, 0.15) is 24.8 Å². The van der Waals surface area contributed by atoms with E-state index < -0.39 is 0 Å². The van der Waals surface area contributed by atoms with Gasteiger partial charge in [0.1, 0.15) is 23.2 Å². The van der Waals surface area contributed by atoms with Gasteiger partial charge in [0.25, 0.3) is 0 Å². The second kappa shape index (κ2) is 5.42. The first-order valence-corrected chi connectivity index (χ1v) is 7.46. The first-order chi connectivity index (χ1) is 10.9. The van der Waals surface area contributed by atoms with Crippen molar-refractivity contribution in [3.8, 4) is 11.4 Å². The number of aromatic nitrogens is 3. The molecule has 4 rings (SSSR count). The Balaban J connectivity index is 1.95. The van der Waals surface area contributed by atoms with E-state index in [-0.39, 0.29) is 6.10 Å². The first kappa shape index (κ1) is 13.3. The Labute approximate surface area is 128 Å². The van der Waals surface area contributed by atoms with Gasteiger partial charge in [-0.15, -0.1) is 0 Å². The molecule has 3 aromatic rings. The molecule has 5 nitrogen and oxygen atoms in total. The van der Waals surface area contributed by atoms with Crippen molar-refractivity contribution in [2.45, 2.75) is 18.9 Å². The Hall–Kier alpha value is -2.40. The van der Waals surface area contributed by atoms with Crippen LogP contribution >= 0.6 is 0 Å². The number of benzene rings is 1. The molecule has 22 heavy (non-hydrogen) atoms. The maximum atomic E-state index is 5.84. The molecular formula is C17H17N3O2. The van der Waals surface area contributed by atoms with Gasteiger partial charge < -0.3 is 9.47 Å². The number of hydrogen-bond donors (Lipinski definition) is 0. The summed E-state index contributed by atoms with van der Waals surface area (Å²) in [5, 5.41) is 0. The predicted molar refractivity (Wildman–Crippen MR) is 83.3 cm³/mol. The quantitative estimate of drug-likeness (QED) is 0.744. The Bertz CT molecular complexity index is 807. The summed E-state index contributed by atoms with van der Waals surface area (Å²) in [6.07, 6.45) is 3.88. The molecule has 1 aliphatic rings.